The molecule has 3 N–H and O–H groups in total. The molecule has 0 bridgehead atoms. The average Bonchev–Trinajstić information content (AvgIpc) is 3.00. The van der Waals surface area contributed by atoms with Gasteiger partial charge in [-0.2, -0.15) is 0 Å². The Labute approximate surface area is 93.6 Å². The van der Waals surface area contributed by atoms with Gasteiger partial charge in [-0.25, -0.2) is 0 Å². The van der Waals surface area contributed by atoms with E-state index in [2.05, 4.69) is 18.7 Å². The summed E-state index contributed by atoms with van der Waals surface area (Å²) >= 11 is 0. The normalized spacial score (nSPS) is 18.8. The largest absolute Gasteiger partial charge is 0.392 e. The molecule has 0 aromatic carbocycles. The fourth-order valence-corrected chi connectivity index (χ4v) is 1.77. The van der Waals surface area contributed by atoms with Crippen LogP contribution in [0.15, 0.2) is 0 Å². The summed E-state index contributed by atoms with van der Waals surface area (Å²) in [5, 5.41) is 9.43. The second-order valence-corrected chi connectivity index (χ2v) is 5.13. The van der Waals surface area contributed by atoms with Crippen molar-refractivity contribution in [3.8, 4) is 0 Å². The SMILES string of the molecule is CC(C)CCN(CCC(O)CN)C1CC1. The van der Waals surface area contributed by atoms with E-state index in [1.54, 1.807) is 0 Å². The zero-order chi connectivity index (χ0) is 11.3. The van der Waals surface area contributed by atoms with Gasteiger partial charge in [0, 0.05) is 19.1 Å². The van der Waals surface area contributed by atoms with Crippen LogP contribution in [0.5, 0.6) is 0 Å². The van der Waals surface area contributed by atoms with Crippen LogP contribution in [0.25, 0.3) is 0 Å². The molecule has 1 aliphatic carbocycles. The van der Waals surface area contributed by atoms with Gasteiger partial charge in [0.1, 0.15) is 0 Å². The monoisotopic (exact) mass is 214 g/mol. The lowest BCUT2D eigenvalue weighted by atomic mass is 10.1. The number of aliphatic hydroxyl groups is 1. The average molecular weight is 214 g/mol. The Morgan fingerprint density at radius 1 is 1.27 bits per heavy atom. The fraction of sp³-hybridized carbons (Fsp3) is 1.00. The van der Waals surface area contributed by atoms with E-state index in [4.69, 9.17) is 5.73 Å². The standard InChI is InChI=1S/C12H26N2O/c1-10(2)5-7-14(11-3-4-11)8-6-12(15)9-13/h10-12,15H,3-9,13H2,1-2H3. The Bertz CT molecular complexity index is 169. The highest BCUT2D eigenvalue weighted by Crippen LogP contribution is 2.27. The van der Waals surface area contributed by atoms with Crippen LogP contribution in [0, 0.1) is 5.92 Å². The third kappa shape index (κ3) is 5.50. The van der Waals surface area contributed by atoms with Gasteiger partial charge in [0.25, 0.3) is 0 Å². The van der Waals surface area contributed by atoms with Gasteiger partial charge in [-0.1, -0.05) is 13.8 Å². The molecule has 0 spiro atoms. The quantitative estimate of drug-likeness (QED) is 0.638. The maximum absolute atomic E-state index is 9.43. The van der Waals surface area contributed by atoms with E-state index in [1.807, 2.05) is 0 Å². The van der Waals surface area contributed by atoms with Gasteiger partial charge in [0.05, 0.1) is 6.10 Å². The Morgan fingerprint density at radius 2 is 1.87 bits per heavy atom. The molecule has 0 aromatic rings. The van der Waals surface area contributed by atoms with Crippen LogP contribution < -0.4 is 5.73 Å². The molecule has 15 heavy (non-hydrogen) atoms. The topological polar surface area (TPSA) is 49.5 Å². The van der Waals surface area contributed by atoms with E-state index < -0.39 is 0 Å². The highest BCUT2D eigenvalue weighted by atomic mass is 16.3. The lowest BCUT2D eigenvalue weighted by Gasteiger charge is -2.23. The number of hydrogen-bond acceptors (Lipinski definition) is 3. The molecule has 90 valence electrons. The Kier molecular flexibility index (Phi) is 5.58. The summed E-state index contributed by atoms with van der Waals surface area (Å²) < 4.78 is 0. The zero-order valence-electron chi connectivity index (χ0n) is 10.2. The minimum atomic E-state index is -0.315. The van der Waals surface area contributed by atoms with Crippen molar-refractivity contribution in [1.29, 1.82) is 0 Å². The summed E-state index contributed by atoms with van der Waals surface area (Å²) in [5.74, 6) is 0.769. The van der Waals surface area contributed by atoms with Gasteiger partial charge in [0.2, 0.25) is 0 Å². The molecule has 1 aliphatic rings. The van der Waals surface area contributed by atoms with E-state index in [0.717, 1.165) is 24.9 Å². The van der Waals surface area contributed by atoms with Crippen LogP contribution in [-0.2, 0) is 0 Å². The van der Waals surface area contributed by atoms with E-state index in [1.165, 1.54) is 25.8 Å². The first-order valence-electron chi connectivity index (χ1n) is 6.25. The van der Waals surface area contributed by atoms with Crippen LogP contribution >= 0.6 is 0 Å². The molecule has 1 saturated carbocycles. The van der Waals surface area contributed by atoms with Crippen molar-refractivity contribution >= 4 is 0 Å². The molecule has 1 atom stereocenters. The van der Waals surface area contributed by atoms with E-state index >= 15 is 0 Å². The number of nitrogens with zero attached hydrogens (tertiary/aromatic N) is 1. The molecule has 1 fully saturated rings. The molecule has 0 radical (unpaired) electrons. The molecule has 1 unspecified atom stereocenters. The van der Waals surface area contributed by atoms with E-state index in [0.29, 0.717) is 6.54 Å². The molecule has 3 nitrogen and oxygen atoms in total. The molecule has 0 amide bonds. The second-order valence-electron chi connectivity index (χ2n) is 5.13. The molecule has 1 rings (SSSR count). The second kappa shape index (κ2) is 6.46. The summed E-state index contributed by atoms with van der Waals surface area (Å²) in [5.41, 5.74) is 5.40. The number of aliphatic hydroxyl groups excluding tert-OH is 1. The third-order valence-electron chi connectivity index (χ3n) is 3.08. The Morgan fingerprint density at radius 3 is 2.33 bits per heavy atom. The summed E-state index contributed by atoms with van der Waals surface area (Å²) in [4.78, 5) is 2.53. The van der Waals surface area contributed by atoms with Gasteiger partial charge < -0.3 is 15.7 Å². The number of rotatable bonds is 8. The summed E-state index contributed by atoms with van der Waals surface area (Å²) in [6, 6.07) is 0.800. The first-order valence-corrected chi connectivity index (χ1v) is 6.25. The fourth-order valence-electron chi connectivity index (χ4n) is 1.77. The van der Waals surface area contributed by atoms with Crippen molar-refractivity contribution in [2.75, 3.05) is 19.6 Å². The lowest BCUT2D eigenvalue weighted by Crippen LogP contribution is -2.33. The highest BCUT2D eigenvalue weighted by Gasteiger charge is 2.28. The van der Waals surface area contributed by atoms with Gasteiger partial charge in [0.15, 0.2) is 0 Å². The molecule has 0 aromatic heterocycles. The van der Waals surface area contributed by atoms with E-state index in [-0.39, 0.29) is 6.10 Å². The van der Waals surface area contributed by atoms with Crippen molar-refractivity contribution in [3.63, 3.8) is 0 Å². The van der Waals surface area contributed by atoms with Gasteiger partial charge in [-0.3, -0.25) is 0 Å². The Balaban J connectivity index is 2.18. The number of hydrogen-bond donors (Lipinski definition) is 2. The molecular formula is C12H26N2O. The minimum absolute atomic E-state index is 0.315. The van der Waals surface area contributed by atoms with Crippen molar-refractivity contribution in [1.82, 2.24) is 4.90 Å². The molecule has 0 heterocycles. The van der Waals surface area contributed by atoms with Gasteiger partial charge in [-0.15, -0.1) is 0 Å². The molecular weight excluding hydrogens is 188 g/mol. The van der Waals surface area contributed by atoms with Crippen molar-refractivity contribution < 1.29 is 5.11 Å². The maximum atomic E-state index is 9.43. The van der Waals surface area contributed by atoms with Crippen LogP contribution in [0.4, 0.5) is 0 Å². The van der Waals surface area contributed by atoms with Crippen LogP contribution in [0.3, 0.4) is 0 Å². The van der Waals surface area contributed by atoms with Crippen molar-refractivity contribution in [2.24, 2.45) is 11.7 Å². The molecule has 0 aliphatic heterocycles. The van der Waals surface area contributed by atoms with Gasteiger partial charge in [-0.05, 0) is 38.1 Å². The lowest BCUT2D eigenvalue weighted by molar-refractivity contribution is 0.142. The van der Waals surface area contributed by atoms with Crippen molar-refractivity contribution in [2.45, 2.75) is 51.7 Å². The summed E-state index contributed by atoms with van der Waals surface area (Å²) in [7, 11) is 0. The third-order valence-corrected chi connectivity index (χ3v) is 3.08. The van der Waals surface area contributed by atoms with E-state index in [9.17, 15) is 5.11 Å². The van der Waals surface area contributed by atoms with Gasteiger partial charge >= 0.3 is 0 Å². The highest BCUT2D eigenvalue weighted by molar-refractivity contribution is 4.84. The van der Waals surface area contributed by atoms with Crippen LogP contribution in [0.2, 0.25) is 0 Å². The summed E-state index contributed by atoms with van der Waals surface area (Å²) in [6.07, 6.45) is 4.46. The smallest absolute Gasteiger partial charge is 0.0674 e. The van der Waals surface area contributed by atoms with Crippen LogP contribution in [-0.4, -0.2) is 41.8 Å². The molecule has 3 heteroatoms. The maximum Gasteiger partial charge on any atom is 0.0674 e. The van der Waals surface area contributed by atoms with Crippen LogP contribution in [0.1, 0.15) is 39.5 Å². The molecule has 0 saturated heterocycles. The Hall–Kier alpha value is -0.120. The predicted octanol–water partition coefficient (Wildman–Crippen LogP) is 1.21. The zero-order valence-corrected chi connectivity index (χ0v) is 10.2. The summed E-state index contributed by atoms with van der Waals surface area (Å²) in [6.45, 7) is 7.11. The predicted molar refractivity (Wildman–Crippen MR) is 63.7 cm³/mol. The first-order chi connectivity index (χ1) is 7.13. The van der Waals surface area contributed by atoms with Crippen molar-refractivity contribution in [3.05, 3.63) is 0 Å². The first kappa shape index (κ1) is 12.9. The number of nitrogens with two attached hydrogens (primary N) is 1. The minimum Gasteiger partial charge on any atom is -0.392 e.